The lowest BCUT2D eigenvalue weighted by Crippen LogP contribution is -2.19. The van der Waals surface area contributed by atoms with E-state index in [9.17, 15) is 14.0 Å². The molecule has 3 rings (SSSR count). The summed E-state index contributed by atoms with van der Waals surface area (Å²) in [5.74, 6) is -1.83. The van der Waals surface area contributed by atoms with Crippen molar-refractivity contribution in [2.45, 2.75) is 13.5 Å². The molecule has 24 heavy (non-hydrogen) atoms. The highest BCUT2D eigenvalue weighted by molar-refractivity contribution is 5.93. The van der Waals surface area contributed by atoms with Gasteiger partial charge in [0, 0.05) is 30.5 Å². The summed E-state index contributed by atoms with van der Waals surface area (Å²) in [6.07, 6.45) is 4.28. The zero-order chi connectivity index (χ0) is 17.3. The minimum absolute atomic E-state index is 0.00813. The molecule has 1 aromatic carbocycles. The molecule has 0 aliphatic carbocycles. The fraction of sp³-hybridized carbons (Fsp3) is 0.125. The second-order valence-electron chi connectivity index (χ2n) is 5.01. The van der Waals surface area contributed by atoms with E-state index in [0.717, 1.165) is 6.07 Å². The Morgan fingerprint density at radius 1 is 1.33 bits per heavy atom. The minimum Gasteiger partial charge on any atom is -0.477 e. The van der Waals surface area contributed by atoms with Gasteiger partial charge in [0.2, 0.25) is 11.4 Å². The molecule has 0 spiro atoms. The van der Waals surface area contributed by atoms with Crippen molar-refractivity contribution in [2.24, 2.45) is 0 Å². The first-order valence-corrected chi connectivity index (χ1v) is 7.15. The summed E-state index contributed by atoms with van der Waals surface area (Å²) in [7, 11) is 0. The first-order valence-electron chi connectivity index (χ1n) is 7.15. The van der Waals surface area contributed by atoms with Gasteiger partial charge in [0.25, 0.3) is 0 Å². The van der Waals surface area contributed by atoms with E-state index in [1.165, 1.54) is 24.7 Å². The topological polar surface area (TPSA) is 97.1 Å². The molecule has 7 nitrogen and oxygen atoms in total. The van der Waals surface area contributed by atoms with Crippen LogP contribution < -0.4 is 10.7 Å². The molecule has 0 atom stereocenters. The number of fused-ring (bicyclic) bond motifs is 1. The molecule has 0 aliphatic heterocycles. The first-order chi connectivity index (χ1) is 11.5. The predicted molar refractivity (Wildman–Crippen MR) is 86.1 cm³/mol. The molecule has 0 unspecified atom stereocenters. The van der Waals surface area contributed by atoms with Gasteiger partial charge in [-0.1, -0.05) is 0 Å². The van der Waals surface area contributed by atoms with Crippen LogP contribution in [-0.2, 0) is 6.54 Å². The Hall–Kier alpha value is -3.29. The van der Waals surface area contributed by atoms with Gasteiger partial charge >= 0.3 is 5.97 Å². The molecule has 2 N–H and O–H groups in total. The van der Waals surface area contributed by atoms with Crippen molar-refractivity contribution in [1.82, 2.24) is 14.5 Å². The number of carboxylic acid groups (broad SMARTS) is 1. The van der Waals surface area contributed by atoms with Crippen molar-refractivity contribution in [3.63, 3.8) is 0 Å². The Bertz CT molecular complexity index is 986. The third-order valence-corrected chi connectivity index (χ3v) is 3.55. The lowest BCUT2D eigenvalue weighted by molar-refractivity contribution is 0.0695. The largest absolute Gasteiger partial charge is 0.477 e. The van der Waals surface area contributed by atoms with E-state index in [4.69, 9.17) is 5.11 Å². The van der Waals surface area contributed by atoms with Gasteiger partial charge in [0.05, 0.1) is 11.2 Å². The molecule has 0 bridgehead atoms. The summed E-state index contributed by atoms with van der Waals surface area (Å²) in [5, 5.41) is 11.9. The number of pyridine rings is 1. The SMILES string of the molecule is CCn1cc(C(=O)O)c(=O)c2cc(F)c(Nc3ncccn3)cc21. The lowest BCUT2D eigenvalue weighted by atomic mass is 10.1. The first kappa shape index (κ1) is 15.6. The third-order valence-electron chi connectivity index (χ3n) is 3.55. The molecule has 3 aromatic rings. The molecular weight excluding hydrogens is 315 g/mol. The molecule has 0 aliphatic rings. The number of benzene rings is 1. The van der Waals surface area contributed by atoms with Gasteiger partial charge in [0.1, 0.15) is 11.4 Å². The average molecular weight is 328 g/mol. The number of aryl methyl sites for hydroxylation is 1. The number of rotatable bonds is 4. The van der Waals surface area contributed by atoms with Crippen LogP contribution in [0.1, 0.15) is 17.3 Å². The summed E-state index contributed by atoms with van der Waals surface area (Å²) < 4.78 is 15.9. The van der Waals surface area contributed by atoms with E-state index >= 15 is 0 Å². The number of carbonyl (C=O) groups is 1. The Morgan fingerprint density at radius 2 is 2.04 bits per heavy atom. The quantitative estimate of drug-likeness (QED) is 0.763. The molecule has 2 aromatic heterocycles. The number of hydrogen-bond donors (Lipinski definition) is 2. The number of carboxylic acids is 1. The van der Waals surface area contributed by atoms with E-state index in [-0.39, 0.29) is 17.0 Å². The molecular formula is C16H13FN4O3. The normalized spacial score (nSPS) is 10.8. The van der Waals surface area contributed by atoms with Gasteiger partial charge in [-0.15, -0.1) is 0 Å². The number of nitrogens with one attached hydrogen (secondary N) is 1. The number of aromatic nitrogens is 3. The van der Waals surface area contributed by atoms with Crippen molar-refractivity contribution in [3.8, 4) is 0 Å². The molecule has 0 amide bonds. The molecule has 0 radical (unpaired) electrons. The highest BCUT2D eigenvalue weighted by Crippen LogP contribution is 2.23. The van der Waals surface area contributed by atoms with Crippen LogP contribution in [0, 0.1) is 5.82 Å². The van der Waals surface area contributed by atoms with Crippen molar-refractivity contribution >= 4 is 28.5 Å². The fourth-order valence-electron chi connectivity index (χ4n) is 2.40. The maximum absolute atomic E-state index is 14.3. The highest BCUT2D eigenvalue weighted by atomic mass is 19.1. The van der Waals surface area contributed by atoms with E-state index in [2.05, 4.69) is 15.3 Å². The van der Waals surface area contributed by atoms with Crippen LogP contribution in [0.3, 0.4) is 0 Å². The average Bonchev–Trinajstić information content (AvgIpc) is 2.57. The van der Waals surface area contributed by atoms with E-state index in [0.29, 0.717) is 12.1 Å². The lowest BCUT2D eigenvalue weighted by Gasteiger charge is -2.13. The molecule has 122 valence electrons. The minimum atomic E-state index is -1.34. The number of hydrogen-bond acceptors (Lipinski definition) is 5. The van der Waals surface area contributed by atoms with Crippen molar-refractivity contribution in [2.75, 3.05) is 5.32 Å². The van der Waals surface area contributed by atoms with E-state index < -0.39 is 22.8 Å². The molecule has 0 saturated heterocycles. The number of anilines is 2. The monoisotopic (exact) mass is 328 g/mol. The zero-order valence-corrected chi connectivity index (χ0v) is 12.7. The van der Waals surface area contributed by atoms with Crippen LogP contribution in [0.15, 0.2) is 41.6 Å². The second kappa shape index (κ2) is 6.07. The van der Waals surface area contributed by atoms with Crippen LogP contribution in [0.5, 0.6) is 0 Å². The van der Waals surface area contributed by atoms with Crippen LogP contribution in [-0.4, -0.2) is 25.6 Å². The van der Waals surface area contributed by atoms with Crippen molar-refractivity contribution in [1.29, 1.82) is 0 Å². The van der Waals surface area contributed by atoms with Gasteiger partial charge in [-0.05, 0) is 25.1 Å². The molecule has 0 saturated carbocycles. The van der Waals surface area contributed by atoms with Gasteiger partial charge < -0.3 is 15.0 Å². The Balaban J connectivity index is 2.22. The fourth-order valence-corrected chi connectivity index (χ4v) is 2.40. The highest BCUT2D eigenvalue weighted by Gasteiger charge is 2.16. The van der Waals surface area contributed by atoms with Crippen LogP contribution in [0.25, 0.3) is 10.9 Å². The van der Waals surface area contributed by atoms with E-state index in [1.54, 1.807) is 17.6 Å². The summed E-state index contributed by atoms with van der Waals surface area (Å²) in [4.78, 5) is 31.4. The third kappa shape index (κ3) is 2.69. The Kier molecular flexibility index (Phi) is 3.95. The van der Waals surface area contributed by atoms with Crippen molar-refractivity contribution in [3.05, 3.63) is 58.4 Å². The maximum Gasteiger partial charge on any atom is 0.341 e. The molecule has 0 fully saturated rings. The zero-order valence-electron chi connectivity index (χ0n) is 12.7. The summed E-state index contributed by atoms with van der Waals surface area (Å²) in [6, 6.07) is 4.10. The van der Waals surface area contributed by atoms with Crippen LogP contribution in [0.4, 0.5) is 16.0 Å². The smallest absolute Gasteiger partial charge is 0.341 e. The summed E-state index contributed by atoms with van der Waals surface area (Å²) in [5.41, 5.74) is -0.592. The summed E-state index contributed by atoms with van der Waals surface area (Å²) in [6.45, 7) is 2.22. The summed E-state index contributed by atoms with van der Waals surface area (Å²) >= 11 is 0. The predicted octanol–water partition coefficient (Wildman–Crippen LogP) is 2.39. The number of nitrogens with zero attached hydrogens (tertiary/aromatic N) is 3. The maximum atomic E-state index is 14.3. The molecule has 2 heterocycles. The van der Waals surface area contributed by atoms with Gasteiger partial charge in [-0.25, -0.2) is 19.2 Å². The Labute approximate surface area is 135 Å². The number of aromatic carboxylic acids is 1. The van der Waals surface area contributed by atoms with E-state index in [1.807, 2.05) is 0 Å². The van der Waals surface area contributed by atoms with Gasteiger partial charge in [0.15, 0.2) is 0 Å². The van der Waals surface area contributed by atoms with Gasteiger partial charge in [-0.3, -0.25) is 4.79 Å². The number of halogens is 1. The molecule has 8 heteroatoms. The standard InChI is InChI=1S/C16H13FN4O3/c1-2-21-8-10(15(23)24)14(22)9-6-11(17)12(7-13(9)21)20-16-18-4-3-5-19-16/h3-8H,2H2,1H3,(H,23,24)(H,18,19,20). The Morgan fingerprint density at radius 3 is 2.67 bits per heavy atom. The second-order valence-corrected chi connectivity index (χ2v) is 5.01. The van der Waals surface area contributed by atoms with Crippen LogP contribution in [0.2, 0.25) is 0 Å². The van der Waals surface area contributed by atoms with Crippen molar-refractivity contribution < 1.29 is 14.3 Å². The van der Waals surface area contributed by atoms with Crippen LogP contribution >= 0.6 is 0 Å². The van der Waals surface area contributed by atoms with Gasteiger partial charge in [-0.2, -0.15) is 0 Å².